The number of fused-ring (bicyclic) bond motifs is 3. The second-order valence-electron chi connectivity index (χ2n) is 3.81. The third-order valence-corrected chi connectivity index (χ3v) is 2.61. The molecule has 3 rings (SSSR count). The minimum atomic E-state index is 0.367. The van der Waals surface area contributed by atoms with Gasteiger partial charge in [0.15, 0.2) is 0 Å². The smallest absolute Gasteiger partial charge is 0.226 e. The highest BCUT2D eigenvalue weighted by Gasteiger charge is 2.12. The van der Waals surface area contributed by atoms with Crippen LogP contribution in [0, 0.1) is 5.92 Å². The summed E-state index contributed by atoms with van der Waals surface area (Å²) in [6.07, 6.45) is 6.14. The molecule has 1 aliphatic rings. The van der Waals surface area contributed by atoms with Gasteiger partial charge in [-0.2, -0.15) is 0 Å². The summed E-state index contributed by atoms with van der Waals surface area (Å²) in [5.74, 6) is 1.09. The number of furan rings is 1. The quantitative estimate of drug-likeness (QED) is 0.630. The maximum Gasteiger partial charge on any atom is 0.226 e. The molecular formula is C13H11NO. The van der Waals surface area contributed by atoms with Crippen LogP contribution in [-0.2, 0) is 0 Å². The van der Waals surface area contributed by atoms with Gasteiger partial charge >= 0.3 is 0 Å². The zero-order chi connectivity index (χ0) is 10.3. The van der Waals surface area contributed by atoms with Crippen molar-refractivity contribution in [3.63, 3.8) is 0 Å². The van der Waals surface area contributed by atoms with Gasteiger partial charge in [0.25, 0.3) is 0 Å². The number of hydrogen-bond acceptors (Lipinski definition) is 2. The van der Waals surface area contributed by atoms with Gasteiger partial charge in [0.05, 0.1) is 0 Å². The summed E-state index contributed by atoms with van der Waals surface area (Å²) in [5, 5.41) is 1.13. The van der Waals surface area contributed by atoms with Crippen molar-refractivity contribution in [3.05, 3.63) is 35.9 Å². The number of nitrogens with zero attached hydrogens (tertiary/aromatic N) is 1. The van der Waals surface area contributed by atoms with E-state index in [-0.39, 0.29) is 0 Å². The van der Waals surface area contributed by atoms with E-state index in [4.69, 9.17) is 4.42 Å². The highest BCUT2D eigenvalue weighted by Crippen LogP contribution is 2.34. The molecule has 74 valence electrons. The lowest BCUT2D eigenvalue weighted by molar-refractivity contribution is 0.625. The number of para-hydroxylation sites is 1. The Morgan fingerprint density at radius 1 is 1.27 bits per heavy atom. The first-order valence-electron chi connectivity index (χ1n) is 5.08. The average molecular weight is 197 g/mol. The topological polar surface area (TPSA) is 25.5 Å². The Morgan fingerprint density at radius 3 is 3.07 bits per heavy atom. The van der Waals surface area contributed by atoms with Crippen molar-refractivity contribution in [1.82, 2.24) is 0 Å². The maximum atomic E-state index is 5.67. The van der Waals surface area contributed by atoms with Crippen LogP contribution >= 0.6 is 0 Å². The summed E-state index contributed by atoms with van der Waals surface area (Å²) in [5.41, 5.74) is 1.99. The fourth-order valence-corrected chi connectivity index (χ4v) is 1.79. The lowest BCUT2D eigenvalue weighted by Gasteiger charge is -1.91. The number of hydrogen-bond donors (Lipinski definition) is 0. The van der Waals surface area contributed by atoms with Crippen LogP contribution in [0.1, 0.15) is 12.5 Å². The molecule has 2 nitrogen and oxygen atoms in total. The van der Waals surface area contributed by atoms with Crippen molar-refractivity contribution in [2.75, 3.05) is 0 Å². The van der Waals surface area contributed by atoms with E-state index in [2.05, 4.69) is 30.1 Å². The van der Waals surface area contributed by atoms with Gasteiger partial charge in [-0.15, -0.1) is 0 Å². The van der Waals surface area contributed by atoms with Crippen LogP contribution in [0.25, 0.3) is 17.0 Å². The monoisotopic (exact) mass is 197 g/mol. The van der Waals surface area contributed by atoms with Crippen LogP contribution < -0.4 is 0 Å². The summed E-state index contributed by atoms with van der Waals surface area (Å²) in [4.78, 5) is 4.35. The fraction of sp³-hybridized carbons (Fsp3) is 0.154. The van der Waals surface area contributed by atoms with Crippen LogP contribution in [-0.4, -0.2) is 6.21 Å². The van der Waals surface area contributed by atoms with E-state index in [0.717, 1.165) is 22.4 Å². The molecule has 1 aliphatic heterocycles. The first-order chi connectivity index (χ1) is 7.34. The molecule has 1 aromatic heterocycles. The number of aliphatic imine (C=N–C) groups is 1. The molecule has 2 heterocycles. The lowest BCUT2D eigenvalue weighted by Crippen LogP contribution is -1.86. The van der Waals surface area contributed by atoms with E-state index in [1.54, 1.807) is 0 Å². The van der Waals surface area contributed by atoms with E-state index in [9.17, 15) is 0 Å². The molecule has 0 bridgehead atoms. The molecule has 2 aromatic rings. The largest absolute Gasteiger partial charge is 0.438 e. The second-order valence-corrected chi connectivity index (χ2v) is 3.81. The van der Waals surface area contributed by atoms with E-state index < -0.39 is 0 Å². The van der Waals surface area contributed by atoms with Gasteiger partial charge in [0.2, 0.25) is 5.88 Å². The average Bonchev–Trinajstić information content (AvgIpc) is 2.51. The van der Waals surface area contributed by atoms with E-state index in [0.29, 0.717) is 5.92 Å². The Labute approximate surface area is 87.9 Å². The first-order valence-corrected chi connectivity index (χ1v) is 5.08. The molecule has 0 fully saturated rings. The molecule has 0 aliphatic carbocycles. The molecule has 0 radical (unpaired) electrons. The minimum Gasteiger partial charge on any atom is -0.438 e. The van der Waals surface area contributed by atoms with Crippen molar-refractivity contribution in [2.24, 2.45) is 10.9 Å². The predicted molar refractivity (Wildman–Crippen MR) is 62.6 cm³/mol. The molecule has 0 saturated carbocycles. The van der Waals surface area contributed by atoms with Gasteiger partial charge in [-0.25, -0.2) is 4.99 Å². The summed E-state index contributed by atoms with van der Waals surface area (Å²) in [7, 11) is 0. The second kappa shape index (κ2) is 3.09. The standard InChI is InChI=1S/C13H11NO/c1-9-6-7-11-10-4-2-3-5-12(10)15-13(11)14-8-9/h2-9H,1H3. The Morgan fingerprint density at radius 2 is 2.13 bits per heavy atom. The minimum absolute atomic E-state index is 0.367. The van der Waals surface area contributed by atoms with Crippen molar-refractivity contribution in [2.45, 2.75) is 6.92 Å². The SMILES string of the molecule is CC1C=Cc2c(oc3ccccc23)N=C1. The molecule has 2 heteroatoms. The van der Waals surface area contributed by atoms with Gasteiger partial charge in [-0.1, -0.05) is 37.3 Å². The van der Waals surface area contributed by atoms with E-state index >= 15 is 0 Å². The number of rotatable bonds is 0. The molecule has 0 saturated heterocycles. The first kappa shape index (κ1) is 8.48. The van der Waals surface area contributed by atoms with Crippen molar-refractivity contribution >= 4 is 29.1 Å². The van der Waals surface area contributed by atoms with Gasteiger partial charge < -0.3 is 4.42 Å². The van der Waals surface area contributed by atoms with Crippen LogP contribution in [0.5, 0.6) is 0 Å². The summed E-state index contributed by atoms with van der Waals surface area (Å²) >= 11 is 0. The van der Waals surface area contributed by atoms with Crippen LogP contribution in [0.2, 0.25) is 0 Å². The molecule has 1 unspecified atom stereocenters. The molecular weight excluding hydrogens is 186 g/mol. The molecule has 0 N–H and O–H groups in total. The number of benzene rings is 1. The Bertz CT molecular complexity index is 563. The summed E-state index contributed by atoms with van der Waals surface area (Å²) in [6.45, 7) is 2.11. The van der Waals surface area contributed by atoms with Crippen LogP contribution in [0.3, 0.4) is 0 Å². The predicted octanol–water partition coefficient (Wildman–Crippen LogP) is 3.80. The van der Waals surface area contributed by atoms with Gasteiger partial charge in [0, 0.05) is 23.1 Å². The van der Waals surface area contributed by atoms with Crippen molar-refractivity contribution < 1.29 is 4.42 Å². The molecule has 0 amide bonds. The normalized spacial score (nSPS) is 19.1. The third-order valence-electron chi connectivity index (χ3n) is 2.61. The Kier molecular flexibility index (Phi) is 1.75. The third kappa shape index (κ3) is 1.30. The van der Waals surface area contributed by atoms with Gasteiger partial charge in [-0.05, 0) is 6.07 Å². The Balaban J connectivity index is 2.33. The van der Waals surface area contributed by atoms with E-state index in [1.807, 2.05) is 24.4 Å². The Hall–Kier alpha value is -1.83. The summed E-state index contributed by atoms with van der Waals surface area (Å²) in [6, 6.07) is 8.02. The molecule has 1 atom stereocenters. The van der Waals surface area contributed by atoms with E-state index in [1.165, 1.54) is 0 Å². The molecule has 1 aromatic carbocycles. The fourth-order valence-electron chi connectivity index (χ4n) is 1.79. The number of allylic oxidation sites excluding steroid dienone is 1. The zero-order valence-electron chi connectivity index (χ0n) is 8.47. The zero-order valence-corrected chi connectivity index (χ0v) is 8.47. The molecule has 15 heavy (non-hydrogen) atoms. The van der Waals surface area contributed by atoms with Gasteiger partial charge in [0.1, 0.15) is 5.58 Å². The van der Waals surface area contributed by atoms with Crippen LogP contribution in [0.4, 0.5) is 5.88 Å². The highest BCUT2D eigenvalue weighted by molar-refractivity contribution is 5.93. The maximum absolute atomic E-state index is 5.67. The van der Waals surface area contributed by atoms with Crippen molar-refractivity contribution in [1.29, 1.82) is 0 Å². The molecule has 0 spiro atoms. The summed E-state index contributed by atoms with van der Waals surface area (Å²) < 4.78 is 5.67. The van der Waals surface area contributed by atoms with Crippen LogP contribution in [0.15, 0.2) is 39.8 Å². The van der Waals surface area contributed by atoms with Gasteiger partial charge in [-0.3, -0.25) is 0 Å². The van der Waals surface area contributed by atoms with Crippen molar-refractivity contribution in [3.8, 4) is 0 Å². The lowest BCUT2D eigenvalue weighted by atomic mass is 10.1. The highest BCUT2D eigenvalue weighted by atomic mass is 16.3.